The van der Waals surface area contributed by atoms with Crippen molar-refractivity contribution < 1.29 is 28.5 Å². The lowest BCUT2D eigenvalue weighted by atomic mass is 9.92. The molecular formula is C24H27ClN4O6. The van der Waals surface area contributed by atoms with Crippen molar-refractivity contribution in [2.45, 2.75) is 63.3 Å². The number of carbonyl (C=O) groups excluding carboxylic acids is 2. The van der Waals surface area contributed by atoms with Gasteiger partial charge in [0.05, 0.1) is 35.9 Å². The van der Waals surface area contributed by atoms with Crippen molar-refractivity contribution in [2.75, 3.05) is 13.2 Å². The molecule has 5 rings (SSSR count). The predicted octanol–water partition coefficient (Wildman–Crippen LogP) is 3.63. The van der Waals surface area contributed by atoms with Crippen molar-refractivity contribution in [1.29, 1.82) is 0 Å². The second-order valence-electron chi connectivity index (χ2n) is 9.50. The first-order valence-corrected chi connectivity index (χ1v) is 11.9. The molecule has 2 amide bonds. The monoisotopic (exact) mass is 502 g/mol. The molecule has 186 valence electrons. The molecule has 35 heavy (non-hydrogen) atoms. The fourth-order valence-corrected chi connectivity index (χ4v) is 4.66. The third-order valence-corrected chi connectivity index (χ3v) is 6.96. The Bertz CT molecular complexity index is 1140. The molecular weight excluding hydrogens is 476 g/mol. The summed E-state index contributed by atoms with van der Waals surface area (Å²) in [6.45, 7) is 4.64. The average molecular weight is 503 g/mol. The topological polar surface area (TPSA) is 126 Å². The van der Waals surface area contributed by atoms with E-state index >= 15 is 0 Å². The summed E-state index contributed by atoms with van der Waals surface area (Å²) in [5.74, 6) is 0.423. The van der Waals surface area contributed by atoms with Crippen molar-refractivity contribution in [2.24, 2.45) is 5.73 Å². The van der Waals surface area contributed by atoms with Gasteiger partial charge < -0.3 is 24.7 Å². The molecule has 1 saturated carbocycles. The van der Waals surface area contributed by atoms with E-state index < -0.39 is 5.91 Å². The van der Waals surface area contributed by atoms with Crippen LogP contribution >= 0.6 is 11.6 Å². The molecule has 2 unspecified atom stereocenters. The standard InChI is InChI=1S/C24H27ClN4O6/c1-13-21(27-12-28-22(13)34-19-4-3-14(20(26)30)7-18(19)25)33-17-8-15-10-32-11-16(9-17)29(15)23(31)35-24(2)5-6-24/h3-4,7,12,15-17H,5-6,8-11H2,1-2H3,(H2,26,30). The number of aromatic nitrogens is 2. The quantitative estimate of drug-likeness (QED) is 0.634. The second-order valence-corrected chi connectivity index (χ2v) is 9.91. The Balaban J connectivity index is 1.28. The van der Waals surface area contributed by atoms with Gasteiger partial charge in [-0.2, -0.15) is 0 Å². The molecule has 1 aromatic heterocycles. The first-order valence-electron chi connectivity index (χ1n) is 11.6. The van der Waals surface area contributed by atoms with E-state index in [2.05, 4.69) is 9.97 Å². The van der Waals surface area contributed by atoms with Crippen molar-refractivity contribution >= 4 is 23.6 Å². The third kappa shape index (κ3) is 4.99. The number of benzene rings is 1. The Labute approximate surface area is 207 Å². The number of fused-ring (bicyclic) bond motifs is 2. The van der Waals surface area contributed by atoms with E-state index in [4.69, 9.17) is 36.3 Å². The van der Waals surface area contributed by atoms with Gasteiger partial charge in [-0.25, -0.2) is 14.8 Å². The molecule has 10 nitrogen and oxygen atoms in total. The van der Waals surface area contributed by atoms with Crippen molar-refractivity contribution in [3.63, 3.8) is 0 Å². The fourth-order valence-electron chi connectivity index (χ4n) is 4.44. The van der Waals surface area contributed by atoms with E-state index in [0.717, 1.165) is 12.8 Å². The number of rotatable bonds is 6. The SMILES string of the molecule is Cc1c(Oc2ccc(C(N)=O)cc2Cl)ncnc1OC1CC2COCC(C1)N2C(=O)OC1(C)CC1. The molecule has 3 fully saturated rings. The number of halogens is 1. The number of primary amides is 1. The zero-order valence-corrected chi connectivity index (χ0v) is 20.3. The molecule has 2 aromatic rings. The summed E-state index contributed by atoms with van der Waals surface area (Å²) in [7, 11) is 0. The number of hydrogen-bond acceptors (Lipinski definition) is 8. The molecule has 2 N–H and O–H groups in total. The number of morpholine rings is 1. The van der Waals surface area contributed by atoms with Gasteiger partial charge in [0.15, 0.2) is 0 Å². The van der Waals surface area contributed by atoms with Crippen LogP contribution < -0.4 is 15.2 Å². The van der Waals surface area contributed by atoms with Crippen LogP contribution in [-0.4, -0.2) is 63.9 Å². The number of hydrogen-bond donors (Lipinski definition) is 1. The normalized spacial score (nSPS) is 24.4. The fraction of sp³-hybridized carbons (Fsp3) is 0.500. The van der Waals surface area contributed by atoms with Crippen LogP contribution in [0.25, 0.3) is 0 Å². The highest BCUT2D eigenvalue weighted by Crippen LogP contribution is 2.41. The molecule has 1 aromatic carbocycles. The average Bonchev–Trinajstić information content (AvgIpc) is 3.53. The molecule has 2 saturated heterocycles. The Hall–Kier alpha value is -3.11. The number of amides is 2. The lowest BCUT2D eigenvalue weighted by Gasteiger charge is -2.47. The maximum atomic E-state index is 12.8. The number of carbonyl (C=O) groups is 2. The van der Waals surface area contributed by atoms with Crippen molar-refractivity contribution in [3.8, 4) is 17.5 Å². The maximum Gasteiger partial charge on any atom is 0.410 e. The largest absolute Gasteiger partial charge is 0.474 e. The summed E-state index contributed by atoms with van der Waals surface area (Å²) >= 11 is 6.25. The van der Waals surface area contributed by atoms with Gasteiger partial charge in [0.1, 0.15) is 23.8 Å². The Morgan fingerprint density at radius 1 is 1.17 bits per heavy atom. The van der Waals surface area contributed by atoms with Gasteiger partial charge in [0, 0.05) is 18.4 Å². The molecule has 2 atom stereocenters. The lowest BCUT2D eigenvalue weighted by molar-refractivity contribution is -0.0956. The molecule has 3 aliphatic rings. The lowest BCUT2D eigenvalue weighted by Crippen LogP contribution is -2.61. The van der Waals surface area contributed by atoms with Gasteiger partial charge in [-0.3, -0.25) is 9.69 Å². The Morgan fingerprint density at radius 2 is 1.86 bits per heavy atom. The molecule has 11 heteroatoms. The van der Waals surface area contributed by atoms with Crippen LogP contribution in [0.4, 0.5) is 4.79 Å². The summed E-state index contributed by atoms with van der Waals surface area (Å²) in [5, 5.41) is 0.230. The van der Waals surface area contributed by atoms with Crippen LogP contribution in [0.3, 0.4) is 0 Å². The minimum atomic E-state index is -0.580. The van der Waals surface area contributed by atoms with E-state index in [9.17, 15) is 9.59 Å². The van der Waals surface area contributed by atoms with Gasteiger partial charge in [-0.15, -0.1) is 0 Å². The Kier molecular flexibility index (Phi) is 6.18. The summed E-state index contributed by atoms with van der Waals surface area (Å²) in [6, 6.07) is 4.28. The smallest absolute Gasteiger partial charge is 0.410 e. The van der Waals surface area contributed by atoms with Crippen LogP contribution in [0, 0.1) is 6.92 Å². The van der Waals surface area contributed by atoms with Crippen molar-refractivity contribution in [1.82, 2.24) is 14.9 Å². The number of piperidine rings is 1. The summed E-state index contributed by atoms with van der Waals surface area (Å²) in [4.78, 5) is 34.5. The third-order valence-electron chi connectivity index (χ3n) is 6.67. The predicted molar refractivity (Wildman–Crippen MR) is 125 cm³/mol. The highest BCUT2D eigenvalue weighted by molar-refractivity contribution is 6.32. The summed E-state index contributed by atoms with van der Waals surface area (Å²) in [6.07, 6.45) is 3.94. The Morgan fingerprint density at radius 3 is 2.49 bits per heavy atom. The minimum Gasteiger partial charge on any atom is -0.474 e. The van der Waals surface area contributed by atoms with Crippen LogP contribution in [0.15, 0.2) is 24.5 Å². The van der Waals surface area contributed by atoms with Crippen molar-refractivity contribution in [3.05, 3.63) is 40.7 Å². The molecule has 0 spiro atoms. The van der Waals surface area contributed by atoms with Gasteiger partial charge >= 0.3 is 6.09 Å². The number of nitrogens with zero attached hydrogens (tertiary/aromatic N) is 3. The van der Waals surface area contributed by atoms with E-state index in [1.54, 1.807) is 13.0 Å². The van der Waals surface area contributed by atoms with Crippen LogP contribution in [0.5, 0.6) is 17.5 Å². The zero-order chi connectivity index (χ0) is 24.7. The van der Waals surface area contributed by atoms with E-state index in [1.165, 1.54) is 18.5 Å². The first-order chi connectivity index (χ1) is 16.7. The number of nitrogens with two attached hydrogens (primary N) is 1. The van der Waals surface area contributed by atoms with E-state index in [-0.39, 0.29) is 46.3 Å². The van der Waals surface area contributed by atoms with Gasteiger partial charge in [0.2, 0.25) is 17.7 Å². The molecule has 0 radical (unpaired) electrons. The van der Waals surface area contributed by atoms with Crippen LogP contribution in [-0.2, 0) is 9.47 Å². The molecule has 3 heterocycles. The van der Waals surface area contributed by atoms with E-state index in [1.807, 2.05) is 11.8 Å². The highest BCUT2D eigenvalue weighted by Gasteiger charge is 2.48. The van der Waals surface area contributed by atoms with Gasteiger partial charge in [-0.05, 0) is 44.9 Å². The molecule has 2 bridgehead atoms. The maximum absolute atomic E-state index is 12.8. The van der Waals surface area contributed by atoms with Gasteiger partial charge in [0.25, 0.3) is 0 Å². The summed E-state index contributed by atoms with van der Waals surface area (Å²) in [5.41, 5.74) is 5.86. The first kappa shape index (κ1) is 23.6. The summed E-state index contributed by atoms with van der Waals surface area (Å²) < 4.78 is 23.6. The minimum absolute atomic E-state index is 0.122. The van der Waals surface area contributed by atoms with Crippen LogP contribution in [0.1, 0.15) is 48.5 Å². The highest BCUT2D eigenvalue weighted by atomic mass is 35.5. The molecule has 2 aliphatic heterocycles. The second kappa shape index (κ2) is 9.16. The van der Waals surface area contributed by atoms with Crippen LogP contribution in [0.2, 0.25) is 5.02 Å². The van der Waals surface area contributed by atoms with Gasteiger partial charge in [-0.1, -0.05) is 11.6 Å². The number of ether oxygens (including phenoxy) is 4. The van der Waals surface area contributed by atoms with E-state index in [0.29, 0.717) is 43.2 Å². The zero-order valence-electron chi connectivity index (χ0n) is 19.5. The molecule has 1 aliphatic carbocycles.